The zero-order valence-corrected chi connectivity index (χ0v) is 12.8. The number of benzene rings is 1. The van der Waals surface area contributed by atoms with E-state index < -0.39 is 4.33 Å². The molecule has 2 rings (SSSR count). The van der Waals surface area contributed by atoms with Gasteiger partial charge in [-0.05, 0) is 25.3 Å². The van der Waals surface area contributed by atoms with Gasteiger partial charge in [0.2, 0.25) is 5.91 Å². The van der Waals surface area contributed by atoms with E-state index in [9.17, 15) is 4.79 Å². The molecule has 0 heterocycles. The van der Waals surface area contributed by atoms with Gasteiger partial charge in [-0.1, -0.05) is 37.3 Å². The third kappa shape index (κ3) is 3.43. The summed E-state index contributed by atoms with van der Waals surface area (Å²) in [5.74, 6) is -0.170. The highest BCUT2D eigenvalue weighted by Gasteiger charge is 2.57. The van der Waals surface area contributed by atoms with E-state index in [1.54, 1.807) is 0 Å². The van der Waals surface area contributed by atoms with Crippen molar-refractivity contribution in [2.45, 2.75) is 43.6 Å². The predicted molar refractivity (Wildman–Crippen MR) is 79.3 cm³/mol. The van der Waals surface area contributed by atoms with Crippen molar-refractivity contribution in [1.82, 2.24) is 4.90 Å². The van der Waals surface area contributed by atoms with Crippen LogP contribution in [0.3, 0.4) is 0 Å². The number of hydrogen-bond donors (Lipinski definition) is 0. The molecule has 0 aliphatic heterocycles. The maximum atomic E-state index is 12.5. The number of amides is 1. The second kappa shape index (κ2) is 5.72. The van der Waals surface area contributed by atoms with Crippen molar-refractivity contribution in [1.29, 1.82) is 0 Å². The summed E-state index contributed by atoms with van der Waals surface area (Å²) in [5, 5.41) is 0. The fourth-order valence-corrected chi connectivity index (χ4v) is 2.63. The van der Waals surface area contributed by atoms with Gasteiger partial charge in [0.25, 0.3) is 0 Å². The number of carbonyl (C=O) groups excluding carboxylic acids is 1. The van der Waals surface area contributed by atoms with Crippen molar-refractivity contribution in [3.05, 3.63) is 35.9 Å². The van der Waals surface area contributed by atoms with Crippen LogP contribution in [0.4, 0.5) is 0 Å². The third-order valence-electron chi connectivity index (χ3n) is 3.73. The lowest BCUT2D eigenvalue weighted by Crippen LogP contribution is -2.39. The van der Waals surface area contributed by atoms with Gasteiger partial charge < -0.3 is 4.90 Å². The van der Waals surface area contributed by atoms with Gasteiger partial charge in [0, 0.05) is 12.6 Å². The fraction of sp³-hybridized carbons (Fsp3) is 0.533. The molecular weight excluding hydrogens is 281 g/mol. The van der Waals surface area contributed by atoms with E-state index >= 15 is 0 Å². The van der Waals surface area contributed by atoms with Crippen LogP contribution in [0.1, 0.15) is 32.3 Å². The maximum Gasteiger partial charge on any atom is 0.229 e. The molecule has 1 fully saturated rings. The topological polar surface area (TPSA) is 20.3 Å². The van der Waals surface area contributed by atoms with Crippen molar-refractivity contribution in [3.63, 3.8) is 0 Å². The smallest absolute Gasteiger partial charge is 0.229 e. The summed E-state index contributed by atoms with van der Waals surface area (Å²) >= 11 is 12.0. The molecule has 1 aliphatic carbocycles. The average molecular weight is 300 g/mol. The van der Waals surface area contributed by atoms with E-state index in [0.29, 0.717) is 13.0 Å². The first-order chi connectivity index (χ1) is 8.95. The van der Waals surface area contributed by atoms with Crippen molar-refractivity contribution < 1.29 is 4.79 Å². The van der Waals surface area contributed by atoms with E-state index in [1.165, 1.54) is 0 Å². The summed E-state index contributed by atoms with van der Waals surface area (Å²) in [4.78, 5) is 14.4. The molecule has 104 valence electrons. The first-order valence-electron chi connectivity index (χ1n) is 6.68. The summed E-state index contributed by atoms with van der Waals surface area (Å²) in [6, 6.07) is 10.2. The number of nitrogens with zero attached hydrogens (tertiary/aromatic N) is 1. The van der Waals surface area contributed by atoms with E-state index in [1.807, 2.05) is 35.2 Å². The molecule has 0 saturated heterocycles. The van der Waals surface area contributed by atoms with Gasteiger partial charge in [-0.3, -0.25) is 4.79 Å². The molecule has 2 unspecified atom stereocenters. The highest BCUT2D eigenvalue weighted by molar-refractivity contribution is 6.52. The average Bonchev–Trinajstić information content (AvgIpc) is 3.04. The van der Waals surface area contributed by atoms with Gasteiger partial charge in [-0.15, -0.1) is 23.2 Å². The molecule has 0 spiro atoms. The summed E-state index contributed by atoms with van der Waals surface area (Å²) in [6.07, 6.45) is 1.49. The van der Waals surface area contributed by atoms with Crippen molar-refractivity contribution in [3.8, 4) is 0 Å². The number of alkyl halides is 2. The van der Waals surface area contributed by atoms with Gasteiger partial charge in [0.05, 0.1) is 5.92 Å². The monoisotopic (exact) mass is 299 g/mol. The summed E-state index contributed by atoms with van der Waals surface area (Å²) < 4.78 is -0.848. The molecule has 1 saturated carbocycles. The quantitative estimate of drug-likeness (QED) is 0.752. The Bertz CT molecular complexity index is 447. The molecule has 0 N–H and O–H groups in total. The molecule has 4 heteroatoms. The molecule has 0 aromatic heterocycles. The SMILES string of the molecule is CCC(C)N(Cc1ccccc1)C(=O)C1CC1(Cl)Cl. The van der Waals surface area contributed by atoms with E-state index in [0.717, 1.165) is 12.0 Å². The Hall–Kier alpha value is -0.730. The molecule has 2 nitrogen and oxygen atoms in total. The van der Waals surface area contributed by atoms with Crippen LogP contribution in [0.5, 0.6) is 0 Å². The Kier molecular flexibility index (Phi) is 4.42. The van der Waals surface area contributed by atoms with Crippen molar-refractivity contribution in [2.75, 3.05) is 0 Å². The van der Waals surface area contributed by atoms with Gasteiger partial charge >= 0.3 is 0 Å². The summed E-state index contributed by atoms with van der Waals surface area (Å²) in [7, 11) is 0. The van der Waals surface area contributed by atoms with Crippen molar-refractivity contribution >= 4 is 29.1 Å². The molecule has 1 aliphatic rings. The number of hydrogen-bond acceptors (Lipinski definition) is 1. The van der Waals surface area contributed by atoms with Crippen LogP contribution in [-0.4, -0.2) is 21.2 Å². The van der Waals surface area contributed by atoms with Gasteiger partial charge in [-0.25, -0.2) is 0 Å². The second-order valence-electron chi connectivity index (χ2n) is 5.23. The Morgan fingerprint density at radius 2 is 2.00 bits per heavy atom. The van der Waals surface area contributed by atoms with Crippen LogP contribution in [0.25, 0.3) is 0 Å². The maximum absolute atomic E-state index is 12.5. The lowest BCUT2D eigenvalue weighted by atomic mass is 10.1. The van der Waals surface area contributed by atoms with Crippen LogP contribution in [0.2, 0.25) is 0 Å². The number of halogens is 2. The Morgan fingerprint density at radius 1 is 1.42 bits per heavy atom. The molecule has 0 bridgehead atoms. The van der Waals surface area contributed by atoms with E-state index in [-0.39, 0.29) is 17.9 Å². The largest absolute Gasteiger partial charge is 0.335 e. The molecule has 1 amide bonds. The minimum atomic E-state index is -0.848. The summed E-state index contributed by atoms with van der Waals surface area (Å²) in [5.41, 5.74) is 1.13. The fourth-order valence-electron chi connectivity index (χ4n) is 2.13. The number of carbonyl (C=O) groups is 1. The van der Waals surface area contributed by atoms with Crippen LogP contribution in [0.15, 0.2) is 30.3 Å². The first kappa shape index (κ1) is 14.7. The van der Waals surface area contributed by atoms with Crippen LogP contribution >= 0.6 is 23.2 Å². The second-order valence-corrected chi connectivity index (χ2v) is 6.77. The molecular formula is C15H19Cl2NO. The molecule has 2 atom stereocenters. The molecule has 1 aromatic carbocycles. The predicted octanol–water partition coefficient (Wildman–Crippen LogP) is 4.01. The number of rotatable bonds is 5. The van der Waals surface area contributed by atoms with E-state index in [2.05, 4.69) is 13.8 Å². The molecule has 1 aromatic rings. The Labute approximate surface area is 124 Å². The lowest BCUT2D eigenvalue weighted by Gasteiger charge is -2.29. The minimum absolute atomic E-state index is 0.0724. The normalized spacial score (nSPS) is 21.8. The zero-order chi connectivity index (χ0) is 14.0. The van der Waals surface area contributed by atoms with Crippen LogP contribution in [0, 0.1) is 5.92 Å². The highest BCUT2D eigenvalue weighted by Crippen LogP contribution is 2.54. The van der Waals surface area contributed by atoms with Gasteiger partial charge in [0.15, 0.2) is 0 Å². The third-order valence-corrected chi connectivity index (χ3v) is 4.56. The van der Waals surface area contributed by atoms with Crippen molar-refractivity contribution in [2.24, 2.45) is 5.92 Å². The highest BCUT2D eigenvalue weighted by atomic mass is 35.5. The van der Waals surface area contributed by atoms with Gasteiger partial charge in [-0.2, -0.15) is 0 Å². The van der Waals surface area contributed by atoms with E-state index in [4.69, 9.17) is 23.2 Å². The van der Waals surface area contributed by atoms with Gasteiger partial charge in [0.1, 0.15) is 4.33 Å². The molecule has 19 heavy (non-hydrogen) atoms. The standard InChI is InChI=1S/C15H19Cl2NO/c1-3-11(2)18(10-12-7-5-4-6-8-12)14(19)13-9-15(13,16)17/h4-8,11,13H,3,9-10H2,1-2H3. The molecule has 0 radical (unpaired) electrons. The van der Waals surface area contributed by atoms with Crippen LogP contribution < -0.4 is 0 Å². The lowest BCUT2D eigenvalue weighted by molar-refractivity contribution is -0.135. The Balaban J connectivity index is 2.11. The minimum Gasteiger partial charge on any atom is -0.335 e. The van der Waals surface area contributed by atoms with Crippen LogP contribution in [-0.2, 0) is 11.3 Å². The first-order valence-corrected chi connectivity index (χ1v) is 7.43. The Morgan fingerprint density at radius 3 is 2.47 bits per heavy atom. The summed E-state index contributed by atoms with van der Waals surface area (Å²) in [6.45, 7) is 4.76. The zero-order valence-electron chi connectivity index (χ0n) is 11.3.